The molecule has 0 unspecified atom stereocenters. The van der Waals surface area contributed by atoms with Crippen LogP contribution in [0.25, 0.3) is 0 Å². The molecule has 0 bridgehead atoms. The van der Waals surface area contributed by atoms with Gasteiger partial charge >= 0.3 is 0 Å². The minimum atomic E-state index is 0.102. The molecule has 3 rings (SSSR count). The molecule has 0 aliphatic carbocycles. The van der Waals surface area contributed by atoms with Gasteiger partial charge in [0.25, 0.3) is 0 Å². The van der Waals surface area contributed by atoms with E-state index in [9.17, 15) is 4.79 Å². The maximum absolute atomic E-state index is 12.2. The lowest BCUT2D eigenvalue weighted by molar-refractivity contribution is -0.132. The van der Waals surface area contributed by atoms with E-state index in [4.69, 9.17) is 0 Å². The summed E-state index contributed by atoms with van der Waals surface area (Å²) in [6.07, 6.45) is 8.04. The van der Waals surface area contributed by atoms with Crippen molar-refractivity contribution in [3.05, 3.63) is 30.1 Å². The van der Waals surface area contributed by atoms with E-state index in [0.717, 1.165) is 48.9 Å². The summed E-state index contributed by atoms with van der Waals surface area (Å²) >= 11 is 1.48. The number of carbonyl (C=O) groups excluding carboxylic acids is 1. The number of rotatable bonds is 5. The van der Waals surface area contributed by atoms with Crippen molar-refractivity contribution >= 4 is 22.6 Å². The van der Waals surface area contributed by atoms with Crippen molar-refractivity contribution in [2.45, 2.75) is 58.5 Å². The smallest absolute Gasteiger partial charge is 0.219 e. The summed E-state index contributed by atoms with van der Waals surface area (Å²) < 4.78 is 4.47. The van der Waals surface area contributed by atoms with E-state index in [-0.39, 0.29) is 11.9 Å². The van der Waals surface area contributed by atoms with Crippen LogP contribution in [0.5, 0.6) is 0 Å². The van der Waals surface area contributed by atoms with Crippen molar-refractivity contribution in [2.75, 3.05) is 18.0 Å². The monoisotopic (exact) mass is 374 g/mol. The molecule has 3 heterocycles. The molecule has 1 fully saturated rings. The van der Waals surface area contributed by atoms with E-state index < -0.39 is 0 Å². The molecule has 2 aromatic heterocycles. The van der Waals surface area contributed by atoms with Crippen LogP contribution in [0.15, 0.2) is 18.7 Å². The van der Waals surface area contributed by atoms with Crippen LogP contribution in [0.4, 0.5) is 5.13 Å². The normalized spacial score (nSPS) is 18.0. The fraction of sp³-hybridized carbons (Fsp3) is 0.611. The third kappa shape index (κ3) is 4.55. The molecule has 1 saturated heterocycles. The lowest BCUT2D eigenvalue weighted by atomic mass is 10.1. The largest absolute Gasteiger partial charge is 0.347 e. The topological polar surface area (TPSA) is 75.1 Å². The summed E-state index contributed by atoms with van der Waals surface area (Å²) in [5.74, 6) is 1.37. The molecule has 140 valence electrons. The summed E-state index contributed by atoms with van der Waals surface area (Å²) in [6, 6.07) is 0.232. The van der Waals surface area contributed by atoms with Crippen LogP contribution in [0.1, 0.15) is 57.3 Å². The number of anilines is 1. The molecule has 2 aromatic rings. The van der Waals surface area contributed by atoms with E-state index in [1.165, 1.54) is 17.9 Å². The minimum absolute atomic E-state index is 0.102. The second kappa shape index (κ2) is 8.53. The highest BCUT2D eigenvalue weighted by Gasteiger charge is 2.26. The van der Waals surface area contributed by atoms with Gasteiger partial charge < -0.3 is 9.80 Å². The Bertz CT molecular complexity index is 719. The maximum Gasteiger partial charge on any atom is 0.219 e. The molecule has 8 heteroatoms. The van der Waals surface area contributed by atoms with Gasteiger partial charge in [-0.2, -0.15) is 4.37 Å². The highest BCUT2D eigenvalue weighted by Crippen LogP contribution is 2.26. The van der Waals surface area contributed by atoms with Gasteiger partial charge in [0.2, 0.25) is 11.0 Å². The van der Waals surface area contributed by atoms with Crippen LogP contribution in [-0.2, 0) is 11.3 Å². The van der Waals surface area contributed by atoms with Crippen LogP contribution >= 0.6 is 11.5 Å². The zero-order chi connectivity index (χ0) is 18.5. The Hall–Kier alpha value is -2.09. The first-order chi connectivity index (χ1) is 12.5. The van der Waals surface area contributed by atoms with E-state index in [1.807, 2.05) is 4.90 Å². The molecule has 26 heavy (non-hydrogen) atoms. The van der Waals surface area contributed by atoms with Crippen LogP contribution in [0, 0.1) is 0 Å². The fourth-order valence-electron chi connectivity index (χ4n) is 3.28. The lowest BCUT2D eigenvalue weighted by Crippen LogP contribution is -2.39. The van der Waals surface area contributed by atoms with E-state index in [0.29, 0.717) is 12.5 Å². The molecule has 1 atom stereocenters. The number of aromatic nitrogens is 4. The highest BCUT2D eigenvalue weighted by molar-refractivity contribution is 7.09. The molecule has 1 aliphatic rings. The molecule has 1 amide bonds. The molecule has 0 aromatic carbocycles. The second-order valence-corrected chi connectivity index (χ2v) is 7.79. The Kier molecular flexibility index (Phi) is 6.13. The molecule has 7 nitrogen and oxygen atoms in total. The van der Waals surface area contributed by atoms with Crippen LogP contribution < -0.4 is 4.90 Å². The predicted molar refractivity (Wildman–Crippen MR) is 102 cm³/mol. The molecule has 0 saturated carbocycles. The van der Waals surface area contributed by atoms with Crippen molar-refractivity contribution in [2.24, 2.45) is 0 Å². The van der Waals surface area contributed by atoms with Crippen molar-refractivity contribution in [1.82, 2.24) is 24.2 Å². The quantitative estimate of drug-likeness (QED) is 0.801. The highest BCUT2D eigenvalue weighted by atomic mass is 32.1. The lowest BCUT2D eigenvalue weighted by Gasteiger charge is -2.30. The van der Waals surface area contributed by atoms with E-state index in [2.05, 4.69) is 38.1 Å². The molecule has 0 radical (unpaired) electrons. The molecule has 0 spiro atoms. The fourth-order valence-corrected chi connectivity index (χ4v) is 4.14. The predicted octanol–water partition coefficient (Wildman–Crippen LogP) is 2.86. The SMILES string of the molecule is CC(=O)N(Cc1cncnc1)[C@@H]1CCCN(c2nc(C(C)C)ns2)CC1. The summed E-state index contributed by atoms with van der Waals surface area (Å²) in [4.78, 5) is 29.3. The van der Waals surface area contributed by atoms with Gasteiger partial charge in [-0.15, -0.1) is 0 Å². The third-order valence-electron chi connectivity index (χ3n) is 4.73. The summed E-state index contributed by atoms with van der Waals surface area (Å²) in [5.41, 5.74) is 0.967. The van der Waals surface area contributed by atoms with E-state index in [1.54, 1.807) is 19.3 Å². The molecular weight excluding hydrogens is 348 g/mol. The van der Waals surface area contributed by atoms with Gasteiger partial charge in [0, 0.05) is 68.0 Å². The first-order valence-electron chi connectivity index (χ1n) is 9.14. The molecule has 1 aliphatic heterocycles. The standard InChI is InChI=1S/C18H26N6OS/c1-13(2)17-21-18(26-22-17)23-7-4-5-16(6-8-23)24(14(3)25)11-15-9-19-12-20-10-15/h9-10,12-13,16H,4-8,11H2,1-3H3/t16-/m1/s1. The Labute approximate surface area is 158 Å². The van der Waals surface area contributed by atoms with Crippen molar-refractivity contribution in [3.8, 4) is 0 Å². The van der Waals surface area contributed by atoms with Gasteiger partial charge in [-0.1, -0.05) is 13.8 Å². The Morgan fingerprint density at radius 2 is 2.08 bits per heavy atom. The van der Waals surface area contributed by atoms with Crippen molar-refractivity contribution in [3.63, 3.8) is 0 Å². The Balaban J connectivity index is 1.66. The number of nitrogens with zero attached hydrogens (tertiary/aromatic N) is 6. The van der Waals surface area contributed by atoms with Gasteiger partial charge in [0.05, 0.1) is 0 Å². The van der Waals surface area contributed by atoms with Crippen molar-refractivity contribution < 1.29 is 4.79 Å². The Morgan fingerprint density at radius 3 is 2.73 bits per heavy atom. The zero-order valence-electron chi connectivity index (χ0n) is 15.6. The maximum atomic E-state index is 12.2. The average molecular weight is 375 g/mol. The summed E-state index contributed by atoms with van der Waals surface area (Å²) in [7, 11) is 0. The third-order valence-corrected chi connectivity index (χ3v) is 5.52. The van der Waals surface area contributed by atoms with Gasteiger partial charge in [-0.05, 0) is 19.3 Å². The number of hydrogen-bond donors (Lipinski definition) is 0. The van der Waals surface area contributed by atoms with Crippen molar-refractivity contribution in [1.29, 1.82) is 0 Å². The number of carbonyl (C=O) groups is 1. The average Bonchev–Trinajstić information content (AvgIpc) is 3.00. The second-order valence-electron chi connectivity index (χ2n) is 7.06. The van der Waals surface area contributed by atoms with Gasteiger partial charge in [-0.25, -0.2) is 15.0 Å². The zero-order valence-corrected chi connectivity index (χ0v) is 16.4. The van der Waals surface area contributed by atoms with Gasteiger partial charge in [0.15, 0.2) is 0 Å². The van der Waals surface area contributed by atoms with E-state index >= 15 is 0 Å². The summed E-state index contributed by atoms with van der Waals surface area (Å²) in [6.45, 7) is 8.30. The van der Waals surface area contributed by atoms with Gasteiger partial charge in [0.1, 0.15) is 12.2 Å². The number of hydrogen-bond acceptors (Lipinski definition) is 7. The van der Waals surface area contributed by atoms with Crippen LogP contribution in [0.2, 0.25) is 0 Å². The first kappa shape index (κ1) is 18.7. The Morgan fingerprint density at radius 1 is 1.31 bits per heavy atom. The summed E-state index contributed by atoms with van der Waals surface area (Å²) in [5, 5.41) is 1.00. The number of amides is 1. The van der Waals surface area contributed by atoms with Crippen LogP contribution in [-0.4, -0.2) is 49.3 Å². The minimum Gasteiger partial charge on any atom is -0.347 e. The molecule has 0 N–H and O–H groups in total. The van der Waals surface area contributed by atoms with Crippen LogP contribution in [0.3, 0.4) is 0 Å². The van der Waals surface area contributed by atoms with Gasteiger partial charge in [-0.3, -0.25) is 4.79 Å². The molecular formula is C18H26N6OS. The first-order valence-corrected chi connectivity index (χ1v) is 9.91.